The molecule has 1 aliphatic carbocycles. The van der Waals surface area contributed by atoms with Crippen molar-refractivity contribution in [2.24, 2.45) is 0 Å². The van der Waals surface area contributed by atoms with Crippen molar-refractivity contribution in [2.45, 2.75) is 24.9 Å². The molecule has 3 rings (SSSR count). The van der Waals surface area contributed by atoms with Crippen molar-refractivity contribution >= 4 is 23.5 Å². The standard InChI is InChI=1S/C16H21ClN4O2/c17-12-3-1-2-11(8-12)14-9-18-6-7-21(14)10-15(22)20-16(23)19-13-4-5-13/h1-3,8,13-14,18H,4-7,9-10H2,(H2,19,20,22,23). The van der Waals surface area contributed by atoms with Crippen LogP contribution in [0.1, 0.15) is 24.4 Å². The average Bonchev–Trinajstić information content (AvgIpc) is 3.31. The molecular weight excluding hydrogens is 316 g/mol. The molecule has 2 fully saturated rings. The maximum Gasteiger partial charge on any atom is 0.321 e. The zero-order chi connectivity index (χ0) is 16.2. The first kappa shape index (κ1) is 16.2. The second kappa shape index (κ2) is 7.29. The topological polar surface area (TPSA) is 73.5 Å². The quantitative estimate of drug-likeness (QED) is 0.774. The van der Waals surface area contributed by atoms with E-state index in [0.717, 1.165) is 38.0 Å². The predicted molar refractivity (Wildman–Crippen MR) is 88.3 cm³/mol. The second-order valence-electron chi connectivity index (χ2n) is 6.04. The number of rotatable bonds is 4. The molecule has 1 aromatic rings. The van der Waals surface area contributed by atoms with Gasteiger partial charge in [-0.3, -0.25) is 15.0 Å². The monoisotopic (exact) mass is 336 g/mol. The van der Waals surface area contributed by atoms with Crippen LogP contribution in [0.5, 0.6) is 0 Å². The summed E-state index contributed by atoms with van der Waals surface area (Å²) in [7, 11) is 0. The van der Waals surface area contributed by atoms with Gasteiger partial charge in [-0.15, -0.1) is 0 Å². The van der Waals surface area contributed by atoms with Gasteiger partial charge >= 0.3 is 6.03 Å². The fraction of sp³-hybridized carbons (Fsp3) is 0.500. The van der Waals surface area contributed by atoms with Crippen molar-refractivity contribution in [1.29, 1.82) is 0 Å². The molecule has 0 radical (unpaired) electrons. The summed E-state index contributed by atoms with van der Waals surface area (Å²) in [5.74, 6) is -0.280. The Hall–Kier alpha value is -1.63. The predicted octanol–water partition coefficient (Wildman–Crippen LogP) is 1.27. The molecule has 1 unspecified atom stereocenters. The first-order chi connectivity index (χ1) is 11.1. The van der Waals surface area contributed by atoms with Gasteiger partial charge in [0.1, 0.15) is 0 Å². The number of imide groups is 1. The van der Waals surface area contributed by atoms with Gasteiger partial charge in [-0.25, -0.2) is 4.79 Å². The maximum atomic E-state index is 12.1. The lowest BCUT2D eigenvalue weighted by Crippen LogP contribution is -2.51. The van der Waals surface area contributed by atoms with Crippen LogP contribution in [0.4, 0.5) is 4.79 Å². The van der Waals surface area contributed by atoms with Crippen molar-refractivity contribution in [3.8, 4) is 0 Å². The van der Waals surface area contributed by atoms with E-state index in [9.17, 15) is 9.59 Å². The first-order valence-corrected chi connectivity index (χ1v) is 8.30. The SMILES string of the molecule is O=C(CN1CCNCC1c1cccc(Cl)c1)NC(=O)NC1CC1. The molecule has 2 aliphatic rings. The Morgan fingerprint density at radius 2 is 2.17 bits per heavy atom. The van der Waals surface area contributed by atoms with Crippen molar-refractivity contribution in [1.82, 2.24) is 20.9 Å². The van der Waals surface area contributed by atoms with Crippen LogP contribution in [-0.4, -0.2) is 49.1 Å². The number of benzene rings is 1. The zero-order valence-corrected chi connectivity index (χ0v) is 13.6. The molecule has 0 bridgehead atoms. The summed E-state index contributed by atoms with van der Waals surface area (Å²) in [6.45, 7) is 2.51. The van der Waals surface area contributed by atoms with Gasteiger partial charge in [-0.1, -0.05) is 23.7 Å². The van der Waals surface area contributed by atoms with Crippen molar-refractivity contribution in [2.75, 3.05) is 26.2 Å². The summed E-state index contributed by atoms with van der Waals surface area (Å²) >= 11 is 6.07. The number of hydrogen-bond donors (Lipinski definition) is 3. The summed E-state index contributed by atoms with van der Waals surface area (Å²) in [4.78, 5) is 25.8. The number of nitrogens with zero attached hydrogens (tertiary/aromatic N) is 1. The number of carbonyl (C=O) groups excluding carboxylic acids is 2. The summed E-state index contributed by atoms with van der Waals surface area (Å²) in [6.07, 6.45) is 1.99. The highest BCUT2D eigenvalue weighted by Gasteiger charge is 2.27. The van der Waals surface area contributed by atoms with Gasteiger partial charge in [0.2, 0.25) is 5.91 Å². The van der Waals surface area contributed by atoms with E-state index < -0.39 is 6.03 Å². The normalized spacial score (nSPS) is 21.7. The Kier molecular flexibility index (Phi) is 5.15. The number of piperazine rings is 1. The molecule has 3 amide bonds. The molecule has 1 aliphatic heterocycles. The molecule has 6 nitrogen and oxygen atoms in total. The van der Waals surface area contributed by atoms with Crippen LogP contribution in [-0.2, 0) is 4.79 Å². The third-order valence-electron chi connectivity index (χ3n) is 4.10. The number of halogens is 1. The van der Waals surface area contributed by atoms with E-state index in [4.69, 9.17) is 11.6 Å². The average molecular weight is 337 g/mol. The number of carbonyl (C=O) groups is 2. The molecule has 1 atom stereocenters. The van der Waals surface area contributed by atoms with Crippen LogP contribution < -0.4 is 16.0 Å². The molecule has 124 valence electrons. The molecule has 23 heavy (non-hydrogen) atoms. The van der Waals surface area contributed by atoms with Gasteiger partial charge in [0.15, 0.2) is 0 Å². The van der Waals surface area contributed by atoms with Crippen molar-refractivity contribution in [3.63, 3.8) is 0 Å². The van der Waals surface area contributed by atoms with Crippen LogP contribution in [0.15, 0.2) is 24.3 Å². The summed E-state index contributed by atoms with van der Waals surface area (Å²) < 4.78 is 0. The van der Waals surface area contributed by atoms with Gasteiger partial charge in [-0.2, -0.15) is 0 Å². The largest absolute Gasteiger partial charge is 0.335 e. The molecule has 1 saturated heterocycles. The van der Waals surface area contributed by atoms with E-state index in [1.54, 1.807) is 0 Å². The fourth-order valence-electron chi connectivity index (χ4n) is 2.78. The minimum absolute atomic E-state index is 0.0692. The number of urea groups is 1. The van der Waals surface area contributed by atoms with E-state index in [2.05, 4.69) is 20.9 Å². The molecule has 1 heterocycles. The smallest absolute Gasteiger partial charge is 0.321 e. The van der Waals surface area contributed by atoms with E-state index in [1.165, 1.54) is 0 Å². The lowest BCUT2D eigenvalue weighted by molar-refractivity contribution is -0.122. The van der Waals surface area contributed by atoms with Crippen LogP contribution in [0, 0.1) is 0 Å². The molecule has 1 saturated carbocycles. The van der Waals surface area contributed by atoms with E-state index in [1.807, 2.05) is 24.3 Å². The van der Waals surface area contributed by atoms with Crippen LogP contribution >= 0.6 is 11.6 Å². The van der Waals surface area contributed by atoms with E-state index in [0.29, 0.717) is 5.02 Å². The summed E-state index contributed by atoms with van der Waals surface area (Å²) in [6, 6.07) is 7.58. The van der Waals surface area contributed by atoms with E-state index in [-0.39, 0.29) is 24.5 Å². The maximum absolute atomic E-state index is 12.1. The first-order valence-electron chi connectivity index (χ1n) is 7.92. The van der Waals surface area contributed by atoms with Crippen LogP contribution in [0.2, 0.25) is 5.02 Å². The van der Waals surface area contributed by atoms with Gasteiger partial charge in [0, 0.05) is 36.7 Å². The van der Waals surface area contributed by atoms with Gasteiger partial charge < -0.3 is 10.6 Å². The van der Waals surface area contributed by atoms with Gasteiger partial charge in [0.25, 0.3) is 0 Å². The molecule has 7 heteroatoms. The third kappa shape index (κ3) is 4.67. The molecule has 3 N–H and O–H groups in total. The van der Waals surface area contributed by atoms with Crippen LogP contribution in [0.3, 0.4) is 0 Å². The Labute approximate surface area is 140 Å². The minimum Gasteiger partial charge on any atom is -0.335 e. The second-order valence-corrected chi connectivity index (χ2v) is 6.48. The molecule has 0 aromatic heterocycles. The number of amides is 3. The molecule has 0 spiro atoms. The van der Waals surface area contributed by atoms with Gasteiger partial charge in [0.05, 0.1) is 6.54 Å². The third-order valence-corrected chi connectivity index (χ3v) is 4.34. The lowest BCUT2D eigenvalue weighted by atomic mass is 10.0. The molecule has 1 aromatic carbocycles. The van der Waals surface area contributed by atoms with Crippen LogP contribution in [0.25, 0.3) is 0 Å². The highest BCUT2D eigenvalue weighted by molar-refractivity contribution is 6.30. The Bertz CT molecular complexity index is 591. The van der Waals surface area contributed by atoms with Crippen molar-refractivity contribution < 1.29 is 9.59 Å². The highest BCUT2D eigenvalue weighted by atomic mass is 35.5. The summed E-state index contributed by atoms with van der Waals surface area (Å²) in [5.41, 5.74) is 1.07. The zero-order valence-electron chi connectivity index (χ0n) is 12.8. The Balaban J connectivity index is 1.59. The van der Waals surface area contributed by atoms with Crippen molar-refractivity contribution in [3.05, 3.63) is 34.9 Å². The van der Waals surface area contributed by atoms with E-state index >= 15 is 0 Å². The van der Waals surface area contributed by atoms with Gasteiger partial charge in [-0.05, 0) is 30.5 Å². The molecular formula is C16H21ClN4O2. The fourth-order valence-corrected chi connectivity index (χ4v) is 2.98. The lowest BCUT2D eigenvalue weighted by Gasteiger charge is -2.36. The Morgan fingerprint density at radius 1 is 1.35 bits per heavy atom. The number of hydrogen-bond acceptors (Lipinski definition) is 4. The highest BCUT2D eigenvalue weighted by Crippen LogP contribution is 2.24. The minimum atomic E-state index is -0.396. The Morgan fingerprint density at radius 3 is 2.91 bits per heavy atom. The number of nitrogens with one attached hydrogen (secondary N) is 3. The summed E-state index contributed by atoms with van der Waals surface area (Å²) in [5, 5.41) is 9.18.